The molecule has 17 heavy (non-hydrogen) atoms. The number of carbonyl (C=O) groups excluding carboxylic acids is 1. The van der Waals surface area contributed by atoms with Gasteiger partial charge in [0.15, 0.2) is 5.78 Å². The van der Waals surface area contributed by atoms with Crippen LogP contribution in [0.5, 0.6) is 0 Å². The fourth-order valence-corrected chi connectivity index (χ4v) is 1.94. The minimum Gasteiger partial charge on any atom is -0.292 e. The number of Topliss-reactive ketones (excluding diaryl/α,β-unsaturated/α-hetero) is 1. The second kappa shape index (κ2) is 4.67. The zero-order valence-corrected chi connectivity index (χ0v) is 10.7. The van der Waals surface area contributed by atoms with Crippen molar-refractivity contribution in [3.05, 3.63) is 51.1 Å². The van der Waals surface area contributed by atoms with Crippen LogP contribution in [0.3, 0.4) is 0 Å². The highest BCUT2D eigenvalue weighted by atomic mass is 79.9. The van der Waals surface area contributed by atoms with Crippen LogP contribution in [-0.4, -0.2) is 20.1 Å². The zero-order chi connectivity index (χ0) is 12.4. The Balaban J connectivity index is 2.27. The van der Waals surface area contributed by atoms with Gasteiger partial charge in [0, 0.05) is 17.1 Å². The van der Waals surface area contributed by atoms with Gasteiger partial charge < -0.3 is 0 Å². The second-order valence-electron chi connectivity index (χ2n) is 3.59. The van der Waals surface area contributed by atoms with Crippen LogP contribution in [0.1, 0.15) is 10.4 Å². The fourth-order valence-electron chi connectivity index (χ4n) is 1.44. The number of benzene rings is 1. The van der Waals surface area contributed by atoms with Crippen LogP contribution in [-0.2, 0) is 13.6 Å². The van der Waals surface area contributed by atoms with E-state index in [1.54, 1.807) is 25.2 Å². The Morgan fingerprint density at radius 1 is 1.41 bits per heavy atom. The molecule has 2 rings (SSSR count). The molecule has 0 atom stereocenters. The maximum Gasteiger partial charge on any atom is 0.345 e. The van der Waals surface area contributed by atoms with Crippen LogP contribution in [0.2, 0.25) is 0 Å². The highest BCUT2D eigenvalue weighted by Gasteiger charge is 2.12. The predicted molar refractivity (Wildman–Crippen MR) is 65.9 cm³/mol. The quantitative estimate of drug-likeness (QED) is 0.800. The number of nitrogens with zero attached hydrogens (tertiary/aromatic N) is 3. The molecule has 0 saturated carbocycles. The molecule has 0 bridgehead atoms. The van der Waals surface area contributed by atoms with Crippen LogP contribution >= 0.6 is 15.9 Å². The predicted octanol–water partition coefficient (Wildman–Crippen LogP) is 1.23. The lowest BCUT2D eigenvalue weighted by Gasteiger charge is -2.02. The first-order valence-electron chi connectivity index (χ1n) is 4.96. The minimum atomic E-state index is -0.301. The standard InChI is InChI=1S/C11H10BrN3O2/c1-14-7-13-15(11(14)17)6-10(16)8-4-2-3-5-9(8)12/h2-5,7H,6H2,1H3. The number of halogens is 1. The molecule has 1 aromatic heterocycles. The van der Waals surface area contributed by atoms with Gasteiger partial charge in [0.05, 0.1) is 0 Å². The number of rotatable bonds is 3. The van der Waals surface area contributed by atoms with E-state index >= 15 is 0 Å². The van der Waals surface area contributed by atoms with Gasteiger partial charge in [-0.05, 0) is 6.07 Å². The lowest BCUT2D eigenvalue weighted by Crippen LogP contribution is -2.26. The number of aromatic nitrogens is 3. The van der Waals surface area contributed by atoms with Gasteiger partial charge in [-0.3, -0.25) is 9.36 Å². The topological polar surface area (TPSA) is 56.9 Å². The molecule has 6 heteroatoms. The van der Waals surface area contributed by atoms with Crippen molar-refractivity contribution in [1.29, 1.82) is 0 Å². The van der Waals surface area contributed by atoms with Crippen LogP contribution in [0.4, 0.5) is 0 Å². The van der Waals surface area contributed by atoms with E-state index in [-0.39, 0.29) is 18.0 Å². The summed E-state index contributed by atoms with van der Waals surface area (Å²) in [7, 11) is 1.59. The van der Waals surface area contributed by atoms with Gasteiger partial charge in [0.1, 0.15) is 12.9 Å². The summed E-state index contributed by atoms with van der Waals surface area (Å²) >= 11 is 3.30. The van der Waals surface area contributed by atoms with Crippen molar-refractivity contribution in [1.82, 2.24) is 14.3 Å². The average molecular weight is 296 g/mol. The first-order valence-corrected chi connectivity index (χ1v) is 5.75. The molecule has 0 N–H and O–H groups in total. The maximum absolute atomic E-state index is 12.0. The molecule has 0 spiro atoms. The summed E-state index contributed by atoms with van der Waals surface area (Å²) in [4.78, 5) is 23.5. The summed E-state index contributed by atoms with van der Waals surface area (Å²) in [5.74, 6) is -0.154. The normalized spacial score (nSPS) is 10.5. The maximum atomic E-state index is 12.0. The second-order valence-corrected chi connectivity index (χ2v) is 4.44. The highest BCUT2D eigenvalue weighted by Crippen LogP contribution is 2.16. The summed E-state index contributed by atoms with van der Waals surface area (Å²) in [6.07, 6.45) is 1.38. The molecule has 0 radical (unpaired) electrons. The number of aryl methyl sites for hydroxylation is 1. The average Bonchev–Trinajstić information content (AvgIpc) is 2.61. The molecule has 0 aliphatic heterocycles. The largest absolute Gasteiger partial charge is 0.345 e. The molecule has 1 aromatic carbocycles. The van der Waals surface area contributed by atoms with Gasteiger partial charge in [-0.1, -0.05) is 34.1 Å². The third-order valence-corrected chi connectivity index (χ3v) is 3.05. The number of hydrogen-bond donors (Lipinski definition) is 0. The van der Waals surface area contributed by atoms with E-state index in [2.05, 4.69) is 21.0 Å². The van der Waals surface area contributed by atoms with E-state index in [1.165, 1.54) is 10.9 Å². The van der Waals surface area contributed by atoms with E-state index < -0.39 is 0 Å². The van der Waals surface area contributed by atoms with E-state index in [9.17, 15) is 9.59 Å². The van der Waals surface area contributed by atoms with Gasteiger partial charge in [-0.2, -0.15) is 5.10 Å². The molecule has 2 aromatic rings. The van der Waals surface area contributed by atoms with Crippen molar-refractivity contribution in [2.45, 2.75) is 6.54 Å². The summed E-state index contributed by atoms with van der Waals surface area (Å²) < 4.78 is 3.18. The van der Waals surface area contributed by atoms with E-state index in [0.29, 0.717) is 10.0 Å². The Hall–Kier alpha value is -1.69. The van der Waals surface area contributed by atoms with Crippen molar-refractivity contribution < 1.29 is 4.79 Å². The van der Waals surface area contributed by atoms with Crippen LogP contribution < -0.4 is 5.69 Å². The Kier molecular flexibility index (Phi) is 3.23. The zero-order valence-electron chi connectivity index (χ0n) is 9.13. The monoisotopic (exact) mass is 295 g/mol. The summed E-state index contributed by atoms with van der Waals surface area (Å²) in [5, 5.41) is 3.84. The van der Waals surface area contributed by atoms with Crippen LogP contribution in [0, 0.1) is 0 Å². The van der Waals surface area contributed by atoms with Gasteiger partial charge in [0.2, 0.25) is 0 Å². The number of ketones is 1. The molecule has 0 aliphatic carbocycles. The van der Waals surface area contributed by atoms with Crippen molar-refractivity contribution >= 4 is 21.7 Å². The Morgan fingerprint density at radius 3 is 2.71 bits per heavy atom. The third kappa shape index (κ3) is 2.36. The lowest BCUT2D eigenvalue weighted by atomic mass is 10.1. The smallest absolute Gasteiger partial charge is 0.292 e. The van der Waals surface area contributed by atoms with Crippen LogP contribution in [0.25, 0.3) is 0 Å². The van der Waals surface area contributed by atoms with Gasteiger partial charge in [0.25, 0.3) is 0 Å². The molecule has 0 fully saturated rings. The molecular formula is C11H10BrN3O2. The summed E-state index contributed by atoms with van der Waals surface area (Å²) in [6.45, 7) is -0.0533. The van der Waals surface area contributed by atoms with Gasteiger partial charge in [-0.15, -0.1) is 0 Å². The van der Waals surface area contributed by atoms with Gasteiger partial charge >= 0.3 is 5.69 Å². The lowest BCUT2D eigenvalue weighted by molar-refractivity contribution is 0.0965. The first kappa shape index (κ1) is 11.8. The van der Waals surface area contributed by atoms with Crippen molar-refractivity contribution in [2.24, 2.45) is 7.05 Å². The van der Waals surface area contributed by atoms with Gasteiger partial charge in [-0.25, -0.2) is 9.48 Å². The summed E-state index contributed by atoms with van der Waals surface area (Å²) in [6, 6.07) is 7.10. The van der Waals surface area contributed by atoms with E-state index in [0.717, 1.165) is 4.68 Å². The van der Waals surface area contributed by atoms with Crippen molar-refractivity contribution in [2.75, 3.05) is 0 Å². The molecule has 0 aliphatic rings. The minimum absolute atomic E-state index is 0.0533. The first-order chi connectivity index (χ1) is 8.09. The molecule has 0 unspecified atom stereocenters. The van der Waals surface area contributed by atoms with Crippen molar-refractivity contribution in [3.63, 3.8) is 0 Å². The Morgan fingerprint density at radius 2 is 2.12 bits per heavy atom. The van der Waals surface area contributed by atoms with Crippen molar-refractivity contribution in [3.8, 4) is 0 Å². The number of carbonyl (C=O) groups is 1. The van der Waals surface area contributed by atoms with E-state index in [4.69, 9.17) is 0 Å². The molecule has 0 saturated heterocycles. The van der Waals surface area contributed by atoms with E-state index in [1.807, 2.05) is 6.07 Å². The SMILES string of the molecule is Cn1cnn(CC(=O)c2ccccc2Br)c1=O. The molecule has 5 nitrogen and oxygen atoms in total. The Labute approximate surface area is 106 Å². The highest BCUT2D eigenvalue weighted by molar-refractivity contribution is 9.10. The third-order valence-electron chi connectivity index (χ3n) is 2.35. The molecular weight excluding hydrogens is 286 g/mol. The summed E-state index contributed by atoms with van der Waals surface area (Å²) in [5.41, 5.74) is 0.246. The van der Waals surface area contributed by atoms with Crippen LogP contribution in [0.15, 0.2) is 39.9 Å². The number of hydrogen-bond acceptors (Lipinski definition) is 3. The fraction of sp³-hybridized carbons (Fsp3) is 0.182. The molecule has 0 amide bonds. The molecule has 88 valence electrons. The Bertz CT molecular complexity index is 615. The molecule has 1 heterocycles.